The summed E-state index contributed by atoms with van der Waals surface area (Å²) in [5, 5.41) is 12.4. The molecule has 0 bridgehead atoms. The van der Waals surface area contributed by atoms with Gasteiger partial charge in [0.25, 0.3) is 5.91 Å². The van der Waals surface area contributed by atoms with Crippen LogP contribution in [0.4, 0.5) is 33.3 Å². The molecule has 2 amide bonds. The number of aromatic nitrogens is 5. The minimum Gasteiger partial charge on any atom is -0.504 e. The van der Waals surface area contributed by atoms with Crippen LogP contribution in [0.2, 0.25) is 5.02 Å². The number of aromatic hydroxyl groups is 1. The first-order chi connectivity index (χ1) is 22.7. The molecule has 5 rings (SSSR count). The van der Waals surface area contributed by atoms with E-state index in [0.29, 0.717) is 11.8 Å². The van der Waals surface area contributed by atoms with Gasteiger partial charge in [-0.15, -0.1) is 0 Å². The third-order valence-corrected chi connectivity index (χ3v) is 7.84. The van der Waals surface area contributed by atoms with Crippen LogP contribution in [0.3, 0.4) is 0 Å². The number of hydrogen-bond acceptors (Lipinski definition) is 10. The zero-order valence-electron chi connectivity index (χ0n) is 25.2. The van der Waals surface area contributed by atoms with Crippen LogP contribution < -0.4 is 20.4 Å². The fourth-order valence-electron chi connectivity index (χ4n) is 5.25. The molecule has 0 aliphatic carbocycles. The summed E-state index contributed by atoms with van der Waals surface area (Å²) in [4.78, 5) is 59.2. The minimum atomic E-state index is -4.66. The molecule has 1 aliphatic rings. The summed E-state index contributed by atoms with van der Waals surface area (Å²) in [6.45, 7) is -0.176. The molecular weight excluding hydrogens is 671 g/mol. The molecule has 2 N–H and O–H groups in total. The number of pyridine rings is 1. The first kappa shape index (κ1) is 34.2. The lowest BCUT2D eigenvalue weighted by Gasteiger charge is -2.37. The molecule has 0 saturated carbocycles. The second-order valence-corrected chi connectivity index (χ2v) is 10.9. The van der Waals surface area contributed by atoms with Gasteiger partial charge in [0.2, 0.25) is 17.2 Å². The number of ether oxygens (including phenoxy) is 1. The number of halogens is 6. The van der Waals surface area contributed by atoms with Crippen LogP contribution in [-0.2, 0) is 23.9 Å². The second kappa shape index (κ2) is 13.5. The molecule has 1 saturated heterocycles. The molecule has 1 aromatic carbocycles. The van der Waals surface area contributed by atoms with Gasteiger partial charge < -0.3 is 29.5 Å². The van der Waals surface area contributed by atoms with Gasteiger partial charge in [-0.2, -0.15) is 22.0 Å². The van der Waals surface area contributed by atoms with E-state index in [1.54, 1.807) is 11.8 Å². The lowest BCUT2D eigenvalue weighted by atomic mass is 10.1. The molecule has 0 unspecified atom stereocenters. The van der Waals surface area contributed by atoms with Crippen molar-refractivity contribution in [2.24, 2.45) is 0 Å². The predicted molar refractivity (Wildman–Crippen MR) is 161 cm³/mol. The molecule has 13 nitrogen and oxygen atoms in total. The number of benzene rings is 1. The van der Waals surface area contributed by atoms with Crippen molar-refractivity contribution in [3.8, 4) is 11.6 Å². The molecule has 254 valence electrons. The number of fused-ring (bicyclic) bond motifs is 1. The quantitative estimate of drug-likeness (QED) is 0.258. The fourth-order valence-corrected chi connectivity index (χ4v) is 5.48. The maximum atomic E-state index is 13.9. The SMILES string of the molecule is CCc1c(N2CCN(C(=O)c3ncnc(C)c3O)CC2)c(=O)c2nc(OC(F)F)cnc2n1CC(=O)Nc1ccc(C(F)(F)F)cc1Cl. The van der Waals surface area contributed by atoms with E-state index in [2.05, 4.69) is 30.0 Å². The highest BCUT2D eigenvalue weighted by atomic mass is 35.5. The Labute approximate surface area is 273 Å². The Morgan fingerprint density at radius 2 is 1.83 bits per heavy atom. The van der Waals surface area contributed by atoms with Gasteiger partial charge in [0.05, 0.1) is 28.2 Å². The number of carbonyl (C=O) groups is 2. The highest BCUT2D eigenvalue weighted by Crippen LogP contribution is 2.34. The summed E-state index contributed by atoms with van der Waals surface area (Å²) in [5.41, 5.74) is -1.93. The third kappa shape index (κ3) is 6.92. The molecule has 48 heavy (non-hydrogen) atoms. The second-order valence-electron chi connectivity index (χ2n) is 10.5. The molecule has 1 fully saturated rings. The van der Waals surface area contributed by atoms with E-state index in [9.17, 15) is 41.4 Å². The summed E-state index contributed by atoms with van der Waals surface area (Å²) in [6, 6.07) is 2.41. The lowest BCUT2D eigenvalue weighted by molar-refractivity contribution is -0.137. The van der Waals surface area contributed by atoms with E-state index >= 15 is 0 Å². The minimum absolute atomic E-state index is 0.0710. The molecule has 3 aromatic heterocycles. The molecular formula is C29H26ClF5N8O5. The average Bonchev–Trinajstić information content (AvgIpc) is 3.03. The van der Waals surface area contributed by atoms with Crippen molar-refractivity contribution >= 4 is 46.0 Å². The number of amides is 2. The van der Waals surface area contributed by atoms with Crippen LogP contribution in [0.15, 0.2) is 35.5 Å². The van der Waals surface area contributed by atoms with Crippen molar-refractivity contribution < 1.29 is 41.4 Å². The van der Waals surface area contributed by atoms with Gasteiger partial charge in [0, 0.05) is 31.9 Å². The van der Waals surface area contributed by atoms with Crippen LogP contribution in [0.25, 0.3) is 11.2 Å². The monoisotopic (exact) mass is 696 g/mol. The number of anilines is 2. The number of nitrogens with zero attached hydrogens (tertiary/aromatic N) is 7. The maximum Gasteiger partial charge on any atom is 0.416 e. The van der Waals surface area contributed by atoms with Crippen molar-refractivity contribution in [1.29, 1.82) is 0 Å². The Hall–Kier alpha value is -5.13. The van der Waals surface area contributed by atoms with E-state index < -0.39 is 48.0 Å². The van der Waals surface area contributed by atoms with E-state index in [-0.39, 0.29) is 77.3 Å². The number of piperazine rings is 1. The zero-order chi connectivity index (χ0) is 34.9. The number of rotatable bonds is 8. The lowest BCUT2D eigenvalue weighted by Crippen LogP contribution is -2.50. The molecule has 0 atom stereocenters. The van der Waals surface area contributed by atoms with Crippen LogP contribution in [0, 0.1) is 6.92 Å². The summed E-state index contributed by atoms with van der Waals surface area (Å²) in [7, 11) is 0. The highest BCUT2D eigenvalue weighted by molar-refractivity contribution is 6.33. The topological polar surface area (TPSA) is 156 Å². The Balaban J connectivity index is 1.50. The Morgan fingerprint density at radius 3 is 2.46 bits per heavy atom. The number of hydrogen-bond donors (Lipinski definition) is 2. The molecule has 4 heterocycles. The molecule has 1 aliphatic heterocycles. The fraction of sp³-hybridized carbons (Fsp3) is 0.345. The zero-order valence-corrected chi connectivity index (χ0v) is 25.9. The Kier molecular flexibility index (Phi) is 9.65. The third-order valence-electron chi connectivity index (χ3n) is 7.52. The van der Waals surface area contributed by atoms with E-state index in [1.165, 1.54) is 16.4 Å². The number of alkyl halides is 5. The standard InChI is InChI=1S/C29H26ClF5N8O5/c1-3-18-23(41-6-8-42(9-7-41)27(47)22-24(45)14(2)37-13-38-22)25(46)21-26(36-11-20(40-21)48-28(31)32)43(18)12-19(44)39-17-5-4-15(10-16(17)30)29(33,34)35/h4-5,10-11,13,28,45H,3,6-9,12H2,1-2H3,(H,39,44). The van der Waals surface area contributed by atoms with Gasteiger partial charge in [-0.25, -0.2) is 19.9 Å². The van der Waals surface area contributed by atoms with E-state index in [4.69, 9.17) is 11.6 Å². The summed E-state index contributed by atoms with van der Waals surface area (Å²) >= 11 is 6.02. The van der Waals surface area contributed by atoms with Crippen LogP contribution in [0.5, 0.6) is 11.6 Å². The van der Waals surface area contributed by atoms with Crippen LogP contribution in [0.1, 0.15) is 34.4 Å². The normalized spacial score (nSPS) is 13.7. The van der Waals surface area contributed by atoms with Gasteiger partial charge in [-0.3, -0.25) is 14.4 Å². The number of aryl methyl sites for hydroxylation is 1. The predicted octanol–water partition coefficient (Wildman–Crippen LogP) is 4.03. The molecule has 0 radical (unpaired) electrons. The van der Waals surface area contributed by atoms with Crippen molar-refractivity contribution in [3.63, 3.8) is 0 Å². The van der Waals surface area contributed by atoms with Crippen molar-refractivity contribution in [2.45, 2.75) is 39.6 Å². The highest BCUT2D eigenvalue weighted by Gasteiger charge is 2.32. The molecule has 4 aromatic rings. The number of carbonyl (C=O) groups excluding carboxylic acids is 2. The first-order valence-corrected chi connectivity index (χ1v) is 14.7. The van der Waals surface area contributed by atoms with Crippen molar-refractivity contribution in [3.05, 3.63) is 68.6 Å². The van der Waals surface area contributed by atoms with E-state index in [1.807, 2.05) is 0 Å². The van der Waals surface area contributed by atoms with Crippen LogP contribution in [-0.4, -0.2) is 79.1 Å². The van der Waals surface area contributed by atoms with Crippen LogP contribution >= 0.6 is 11.6 Å². The smallest absolute Gasteiger partial charge is 0.416 e. The van der Waals surface area contributed by atoms with Crippen molar-refractivity contribution in [2.75, 3.05) is 36.4 Å². The Morgan fingerprint density at radius 1 is 1.12 bits per heavy atom. The largest absolute Gasteiger partial charge is 0.504 e. The van der Waals surface area contributed by atoms with Gasteiger partial charge in [0.15, 0.2) is 22.6 Å². The molecule has 19 heteroatoms. The summed E-state index contributed by atoms with van der Waals surface area (Å²) in [5.74, 6) is -2.31. The van der Waals surface area contributed by atoms with Gasteiger partial charge in [-0.1, -0.05) is 18.5 Å². The average molecular weight is 697 g/mol. The molecule has 0 spiro atoms. The summed E-state index contributed by atoms with van der Waals surface area (Å²) in [6.07, 6.45) is -2.48. The summed E-state index contributed by atoms with van der Waals surface area (Å²) < 4.78 is 71.0. The number of nitrogens with one attached hydrogen (secondary N) is 1. The van der Waals surface area contributed by atoms with Gasteiger partial charge in [0.1, 0.15) is 18.6 Å². The Bertz CT molecular complexity index is 1950. The van der Waals surface area contributed by atoms with Crippen molar-refractivity contribution in [1.82, 2.24) is 29.4 Å². The van der Waals surface area contributed by atoms with Gasteiger partial charge in [-0.05, 0) is 31.5 Å². The maximum absolute atomic E-state index is 13.9. The first-order valence-electron chi connectivity index (χ1n) is 14.3. The van der Waals surface area contributed by atoms with Gasteiger partial charge >= 0.3 is 12.8 Å². The van der Waals surface area contributed by atoms with E-state index in [0.717, 1.165) is 24.7 Å².